The van der Waals surface area contributed by atoms with E-state index in [4.69, 9.17) is 5.41 Å². The second-order valence-corrected chi connectivity index (χ2v) is 3.87. The number of hydrogen-bond donors (Lipinski definition) is 2. The van der Waals surface area contributed by atoms with Crippen molar-refractivity contribution in [2.75, 3.05) is 0 Å². The van der Waals surface area contributed by atoms with Crippen LogP contribution in [0.15, 0.2) is 34.2 Å². The molecule has 0 atom stereocenters. The number of fused-ring (bicyclic) bond motifs is 1. The molecule has 14 heavy (non-hydrogen) atoms. The van der Waals surface area contributed by atoms with Gasteiger partial charge in [0, 0.05) is 15.6 Å². The number of aliphatic imine (C=N–C) groups is 1. The van der Waals surface area contributed by atoms with Crippen LogP contribution in [0.4, 0.5) is 5.69 Å². The summed E-state index contributed by atoms with van der Waals surface area (Å²) >= 11 is 3.31. The molecular formula is C10H7BrN2O. The zero-order valence-corrected chi connectivity index (χ0v) is 8.80. The van der Waals surface area contributed by atoms with Crippen molar-refractivity contribution in [3.05, 3.63) is 34.8 Å². The summed E-state index contributed by atoms with van der Waals surface area (Å²) in [7, 11) is 0. The highest BCUT2D eigenvalue weighted by molar-refractivity contribution is 9.10. The molecule has 0 radical (unpaired) electrons. The standard InChI is InChI=1S/C10H7BrN2O/c1-5-7-3-2-6(11)4-8(7)13-10(14)9(5)12/h2-4,12H,1H2,(H,13,14). The zero-order chi connectivity index (χ0) is 10.3. The summed E-state index contributed by atoms with van der Waals surface area (Å²) in [6, 6.07) is 5.46. The molecule has 4 heteroatoms. The first-order chi connectivity index (χ1) is 6.59. The molecule has 0 bridgehead atoms. The van der Waals surface area contributed by atoms with Gasteiger partial charge in [-0.25, -0.2) is 4.99 Å². The van der Waals surface area contributed by atoms with Crippen molar-refractivity contribution in [3.8, 4) is 0 Å². The number of aliphatic hydroxyl groups is 1. The summed E-state index contributed by atoms with van der Waals surface area (Å²) in [5.74, 6) is -0.277. The van der Waals surface area contributed by atoms with Crippen molar-refractivity contribution in [2.24, 2.45) is 4.99 Å². The molecule has 1 aromatic carbocycles. The van der Waals surface area contributed by atoms with Crippen LogP contribution in [0.25, 0.3) is 5.57 Å². The highest BCUT2D eigenvalue weighted by atomic mass is 79.9. The van der Waals surface area contributed by atoms with Crippen molar-refractivity contribution in [1.29, 1.82) is 5.41 Å². The Morgan fingerprint density at radius 3 is 2.86 bits per heavy atom. The third-order valence-corrected chi connectivity index (χ3v) is 2.53. The molecule has 1 aromatic rings. The number of nitrogens with zero attached hydrogens (tertiary/aromatic N) is 1. The Labute approximate surface area is 89.4 Å². The Kier molecular flexibility index (Phi) is 2.00. The van der Waals surface area contributed by atoms with Gasteiger partial charge in [0.05, 0.1) is 5.69 Å². The Hall–Kier alpha value is -1.42. The molecule has 0 amide bonds. The SMILES string of the molecule is C=C1C(=N)C(O)=Nc2cc(Br)ccc21. The van der Waals surface area contributed by atoms with Crippen molar-refractivity contribution in [1.82, 2.24) is 0 Å². The third kappa shape index (κ3) is 1.28. The van der Waals surface area contributed by atoms with Gasteiger partial charge in [0.25, 0.3) is 0 Å². The predicted molar refractivity (Wildman–Crippen MR) is 60.6 cm³/mol. The zero-order valence-electron chi connectivity index (χ0n) is 7.21. The third-order valence-electron chi connectivity index (χ3n) is 2.04. The second-order valence-electron chi connectivity index (χ2n) is 2.95. The molecule has 3 nitrogen and oxygen atoms in total. The van der Waals surface area contributed by atoms with Crippen LogP contribution in [-0.4, -0.2) is 16.7 Å². The summed E-state index contributed by atoms with van der Waals surface area (Å²) < 4.78 is 0.883. The predicted octanol–water partition coefficient (Wildman–Crippen LogP) is 3.08. The lowest BCUT2D eigenvalue weighted by Crippen LogP contribution is -2.16. The van der Waals surface area contributed by atoms with Crippen LogP contribution < -0.4 is 0 Å². The quantitative estimate of drug-likeness (QED) is 0.731. The van der Waals surface area contributed by atoms with Gasteiger partial charge in [0.15, 0.2) is 0 Å². The molecule has 0 spiro atoms. The van der Waals surface area contributed by atoms with Gasteiger partial charge >= 0.3 is 0 Å². The molecule has 1 heterocycles. The Morgan fingerprint density at radius 1 is 1.43 bits per heavy atom. The molecule has 1 aliphatic rings. The molecule has 0 saturated carbocycles. The maximum Gasteiger partial charge on any atom is 0.237 e. The number of hydrogen-bond acceptors (Lipinski definition) is 2. The van der Waals surface area contributed by atoms with Crippen LogP contribution in [-0.2, 0) is 0 Å². The lowest BCUT2D eigenvalue weighted by atomic mass is 9.98. The molecule has 0 unspecified atom stereocenters. The van der Waals surface area contributed by atoms with Gasteiger partial charge in [-0.1, -0.05) is 28.6 Å². The fourth-order valence-corrected chi connectivity index (χ4v) is 1.64. The van der Waals surface area contributed by atoms with E-state index in [2.05, 4.69) is 27.5 Å². The minimum Gasteiger partial charge on any atom is -0.492 e. The van der Waals surface area contributed by atoms with E-state index < -0.39 is 0 Å². The molecule has 0 aliphatic carbocycles. The van der Waals surface area contributed by atoms with Gasteiger partial charge in [-0.05, 0) is 12.1 Å². The van der Waals surface area contributed by atoms with Crippen LogP contribution in [0.1, 0.15) is 5.56 Å². The van der Waals surface area contributed by atoms with E-state index in [-0.39, 0.29) is 11.6 Å². The Bertz CT molecular complexity index is 477. The van der Waals surface area contributed by atoms with Crippen molar-refractivity contribution >= 4 is 38.8 Å². The van der Waals surface area contributed by atoms with Crippen molar-refractivity contribution < 1.29 is 5.11 Å². The number of halogens is 1. The summed E-state index contributed by atoms with van der Waals surface area (Å²) in [4.78, 5) is 3.89. The topological polar surface area (TPSA) is 56.4 Å². The molecule has 2 N–H and O–H groups in total. The number of benzene rings is 1. The van der Waals surface area contributed by atoms with Crippen LogP contribution in [0.2, 0.25) is 0 Å². The minimum absolute atomic E-state index is 0.0141. The first kappa shape index (κ1) is 9.15. The highest BCUT2D eigenvalue weighted by Crippen LogP contribution is 2.32. The van der Waals surface area contributed by atoms with E-state index in [9.17, 15) is 5.11 Å². The molecule has 1 aliphatic heterocycles. The van der Waals surface area contributed by atoms with Crippen molar-refractivity contribution in [2.45, 2.75) is 0 Å². The average molecular weight is 251 g/mol. The average Bonchev–Trinajstić information content (AvgIpc) is 2.14. The molecule has 0 saturated heterocycles. The van der Waals surface area contributed by atoms with Crippen LogP contribution in [0.3, 0.4) is 0 Å². The first-order valence-corrected chi connectivity index (χ1v) is 4.74. The van der Waals surface area contributed by atoms with E-state index in [0.717, 1.165) is 10.0 Å². The summed E-state index contributed by atoms with van der Waals surface area (Å²) in [5, 5.41) is 16.8. The normalized spacial score (nSPS) is 15.1. The van der Waals surface area contributed by atoms with Gasteiger partial charge < -0.3 is 5.11 Å². The van der Waals surface area contributed by atoms with Gasteiger partial charge in [-0.2, -0.15) is 0 Å². The van der Waals surface area contributed by atoms with Gasteiger partial charge in [-0.15, -0.1) is 0 Å². The van der Waals surface area contributed by atoms with E-state index in [1.54, 1.807) is 6.07 Å². The molecule has 2 rings (SSSR count). The molecule has 0 aromatic heterocycles. The van der Waals surface area contributed by atoms with Gasteiger partial charge in [0.1, 0.15) is 5.71 Å². The summed E-state index contributed by atoms with van der Waals surface area (Å²) in [6.45, 7) is 3.74. The van der Waals surface area contributed by atoms with E-state index in [1.807, 2.05) is 12.1 Å². The fraction of sp³-hybridized carbons (Fsp3) is 0. The Balaban J connectivity index is 2.69. The lowest BCUT2D eigenvalue weighted by Gasteiger charge is -2.15. The van der Waals surface area contributed by atoms with E-state index >= 15 is 0 Å². The van der Waals surface area contributed by atoms with E-state index in [0.29, 0.717) is 11.3 Å². The fourth-order valence-electron chi connectivity index (χ4n) is 1.29. The number of nitrogens with one attached hydrogen (secondary N) is 1. The van der Waals surface area contributed by atoms with Crippen LogP contribution >= 0.6 is 15.9 Å². The molecule has 0 fully saturated rings. The summed E-state index contributed by atoms with van der Waals surface area (Å²) in [6.07, 6.45) is 0. The number of rotatable bonds is 0. The maximum absolute atomic E-state index is 9.34. The monoisotopic (exact) mass is 250 g/mol. The highest BCUT2D eigenvalue weighted by Gasteiger charge is 2.20. The first-order valence-electron chi connectivity index (χ1n) is 3.95. The van der Waals surface area contributed by atoms with E-state index in [1.165, 1.54) is 0 Å². The summed E-state index contributed by atoms with van der Waals surface area (Å²) in [5.41, 5.74) is 1.91. The largest absolute Gasteiger partial charge is 0.492 e. The second kappa shape index (κ2) is 3.06. The van der Waals surface area contributed by atoms with Crippen LogP contribution in [0, 0.1) is 5.41 Å². The smallest absolute Gasteiger partial charge is 0.237 e. The minimum atomic E-state index is -0.277. The Morgan fingerprint density at radius 2 is 2.14 bits per heavy atom. The lowest BCUT2D eigenvalue weighted by molar-refractivity contribution is 0.564. The number of aliphatic hydroxyl groups excluding tert-OH is 1. The molecule has 70 valence electrons. The maximum atomic E-state index is 9.34. The van der Waals surface area contributed by atoms with Gasteiger partial charge in [-0.3, -0.25) is 5.41 Å². The van der Waals surface area contributed by atoms with Crippen molar-refractivity contribution in [3.63, 3.8) is 0 Å². The molecular weight excluding hydrogens is 244 g/mol. The van der Waals surface area contributed by atoms with Crippen LogP contribution in [0.5, 0.6) is 0 Å². The van der Waals surface area contributed by atoms with Gasteiger partial charge in [0.2, 0.25) is 5.90 Å².